The van der Waals surface area contributed by atoms with Gasteiger partial charge in [0.05, 0.1) is 106 Å². The average molecular weight is 826 g/mol. The first-order chi connectivity index (χ1) is 28.3. The van der Waals surface area contributed by atoms with Crippen LogP contribution in [0.4, 0.5) is 16.4 Å². The average Bonchev–Trinajstić information content (AvgIpc) is 3.52. The molecule has 0 fully saturated rings. The molecule has 0 spiro atoms. The maximum atomic E-state index is 9.73. The molecule has 1 heterocycles. The van der Waals surface area contributed by atoms with Crippen molar-refractivity contribution in [2.45, 2.75) is 26.1 Å². The molecule has 0 saturated heterocycles. The van der Waals surface area contributed by atoms with Crippen molar-refractivity contribution in [3.8, 4) is 12.1 Å². The molecule has 0 radical (unpaired) electrons. The van der Waals surface area contributed by atoms with Crippen molar-refractivity contribution in [1.29, 1.82) is 10.5 Å². The number of ether oxygens (including phenoxy) is 5. The molecule has 2 atom stereocenters. The summed E-state index contributed by atoms with van der Waals surface area (Å²) in [5.41, 5.74) is 5.67. The summed E-state index contributed by atoms with van der Waals surface area (Å²) in [4.78, 5) is 2.77. The summed E-state index contributed by atoms with van der Waals surface area (Å²) in [6.45, 7) is 10.9. The summed E-state index contributed by atoms with van der Waals surface area (Å²) in [5, 5.41) is 28.6. The van der Waals surface area contributed by atoms with Crippen LogP contribution in [0.1, 0.15) is 44.9 Å². The SMILES string of the molecule is Cc1cc(N(CC(OCCOCCOCC[N+](C)(C)C)c2ccccc2)CC(OCCOCC[N+](C)(C)C)c2ccccc2)ccc1/N=N/c1sc(C#N)c(C)c1C#N. The topological polar surface area (TPSA) is 122 Å². The largest absolute Gasteiger partial charge is 0.377 e. The molecule has 12 nitrogen and oxygen atoms in total. The Morgan fingerprint density at radius 1 is 0.627 bits per heavy atom. The molecule has 0 bridgehead atoms. The Bertz CT molecular complexity index is 1960. The van der Waals surface area contributed by atoms with Crippen LogP contribution in [0, 0.1) is 36.5 Å². The standard InChI is InChI=1S/C46H63N7O5S/c1-36-31-40(19-20-42(36)49-50-46-41(32-47)37(2)45(33-48)59-46)51(34-43(38-15-11-9-12-16-38)57-29-27-55-24-22-53(6,7)8)35-44(39-17-13-10-14-18-39)58-30-28-56-26-25-54-23-21-52(3,4)5/h9-20,31,43-44H,21-30,34-35H2,1-8H3/q+2/b50-49+. The van der Waals surface area contributed by atoms with Gasteiger partial charge in [-0.05, 0) is 54.3 Å². The quantitative estimate of drug-likeness (QED) is 0.0352. The highest BCUT2D eigenvalue weighted by Gasteiger charge is 2.24. The van der Waals surface area contributed by atoms with Crippen LogP contribution in [-0.4, -0.2) is 130 Å². The molecule has 1 aromatic heterocycles. The summed E-state index contributed by atoms with van der Waals surface area (Å²) >= 11 is 1.17. The molecule has 2 unspecified atom stereocenters. The molecule has 59 heavy (non-hydrogen) atoms. The lowest BCUT2D eigenvalue weighted by atomic mass is 10.1. The van der Waals surface area contributed by atoms with Gasteiger partial charge in [-0.2, -0.15) is 10.5 Å². The van der Waals surface area contributed by atoms with E-state index in [9.17, 15) is 10.5 Å². The van der Waals surface area contributed by atoms with Crippen molar-refractivity contribution in [2.75, 3.05) is 126 Å². The van der Waals surface area contributed by atoms with E-state index in [2.05, 4.69) is 99.9 Å². The van der Waals surface area contributed by atoms with Gasteiger partial charge in [0.1, 0.15) is 42.3 Å². The van der Waals surface area contributed by atoms with Crippen LogP contribution in [0.2, 0.25) is 0 Å². The van der Waals surface area contributed by atoms with Crippen molar-refractivity contribution < 1.29 is 32.7 Å². The molecule has 0 amide bonds. The molecule has 316 valence electrons. The fourth-order valence-corrected chi connectivity index (χ4v) is 6.86. The molecule has 13 heteroatoms. The third kappa shape index (κ3) is 16.6. The number of hydrogen-bond donors (Lipinski definition) is 0. The zero-order chi connectivity index (χ0) is 42.7. The van der Waals surface area contributed by atoms with Crippen LogP contribution in [0.25, 0.3) is 0 Å². The van der Waals surface area contributed by atoms with Gasteiger partial charge in [0.15, 0.2) is 5.00 Å². The number of quaternary nitrogens is 2. The van der Waals surface area contributed by atoms with Crippen molar-refractivity contribution in [1.82, 2.24) is 0 Å². The van der Waals surface area contributed by atoms with Gasteiger partial charge in [0.2, 0.25) is 0 Å². The van der Waals surface area contributed by atoms with E-state index in [4.69, 9.17) is 23.7 Å². The van der Waals surface area contributed by atoms with E-state index in [1.165, 1.54) is 11.3 Å². The van der Waals surface area contributed by atoms with Gasteiger partial charge in [0.25, 0.3) is 0 Å². The lowest BCUT2D eigenvalue weighted by molar-refractivity contribution is -0.870. The Kier molecular flexibility index (Phi) is 19.1. The number of nitriles is 2. The maximum absolute atomic E-state index is 9.73. The molecule has 4 aromatic rings. The molecule has 0 aliphatic rings. The summed E-state index contributed by atoms with van der Waals surface area (Å²) in [5.74, 6) is 0. The van der Waals surface area contributed by atoms with Crippen LogP contribution in [0.3, 0.4) is 0 Å². The van der Waals surface area contributed by atoms with E-state index in [0.717, 1.165) is 44.4 Å². The number of nitrogens with zero attached hydrogens (tertiary/aromatic N) is 7. The first kappa shape index (κ1) is 47.1. The fraction of sp³-hybridized carbons (Fsp3) is 0.478. The third-order valence-corrected chi connectivity index (χ3v) is 10.6. The van der Waals surface area contributed by atoms with Crippen molar-refractivity contribution in [3.05, 3.63) is 112 Å². The zero-order valence-electron chi connectivity index (χ0n) is 36.2. The second-order valence-corrected chi connectivity index (χ2v) is 17.4. The van der Waals surface area contributed by atoms with Crippen molar-refractivity contribution in [2.24, 2.45) is 10.2 Å². The summed E-state index contributed by atoms with van der Waals surface area (Å²) in [6.07, 6.45) is -0.549. The van der Waals surface area contributed by atoms with E-state index in [1.807, 2.05) is 55.5 Å². The number of likely N-dealkylation sites (N-methyl/N-ethyl adjacent to an activating group) is 2. The van der Waals surface area contributed by atoms with E-state index < -0.39 is 0 Å². The van der Waals surface area contributed by atoms with Gasteiger partial charge >= 0.3 is 0 Å². The van der Waals surface area contributed by atoms with Crippen molar-refractivity contribution in [3.63, 3.8) is 0 Å². The predicted octanol–water partition coefficient (Wildman–Crippen LogP) is 8.31. The summed E-state index contributed by atoms with van der Waals surface area (Å²) < 4.78 is 32.6. The number of aryl methyl sites for hydroxylation is 1. The smallest absolute Gasteiger partial charge is 0.158 e. The number of anilines is 1. The molecular formula is C46H63N7O5S+2. The second kappa shape index (κ2) is 23.9. The first-order valence-electron chi connectivity index (χ1n) is 20.2. The van der Waals surface area contributed by atoms with E-state index in [1.54, 1.807) is 6.92 Å². The van der Waals surface area contributed by atoms with Gasteiger partial charge in [0, 0.05) is 18.8 Å². The highest BCUT2D eigenvalue weighted by Crippen LogP contribution is 2.36. The van der Waals surface area contributed by atoms with Gasteiger partial charge < -0.3 is 37.6 Å². The van der Waals surface area contributed by atoms with Crippen LogP contribution >= 0.6 is 11.3 Å². The number of azo groups is 1. The van der Waals surface area contributed by atoms with Crippen LogP contribution in [0.15, 0.2) is 89.1 Å². The van der Waals surface area contributed by atoms with Gasteiger partial charge in [-0.3, -0.25) is 0 Å². The second-order valence-electron chi connectivity index (χ2n) is 16.4. The van der Waals surface area contributed by atoms with E-state index in [0.29, 0.717) is 92.6 Å². The first-order valence-corrected chi connectivity index (χ1v) is 21.0. The highest BCUT2D eigenvalue weighted by molar-refractivity contribution is 7.16. The minimum Gasteiger partial charge on any atom is -0.377 e. The number of hydrogen-bond acceptors (Lipinski definition) is 11. The lowest BCUT2D eigenvalue weighted by Gasteiger charge is -2.33. The number of thiophene rings is 1. The lowest BCUT2D eigenvalue weighted by Crippen LogP contribution is -2.37. The summed E-state index contributed by atoms with van der Waals surface area (Å²) in [7, 11) is 12.9. The van der Waals surface area contributed by atoms with Gasteiger partial charge in [-0.1, -0.05) is 60.7 Å². The number of rotatable bonds is 26. The zero-order valence-corrected chi connectivity index (χ0v) is 37.0. The van der Waals surface area contributed by atoms with Crippen LogP contribution in [-0.2, 0) is 23.7 Å². The molecule has 3 aromatic carbocycles. The molecule has 0 N–H and O–H groups in total. The van der Waals surface area contributed by atoms with Gasteiger partial charge in [-0.25, -0.2) is 0 Å². The Morgan fingerprint density at radius 3 is 1.58 bits per heavy atom. The van der Waals surface area contributed by atoms with Crippen molar-refractivity contribution >= 4 is 27.7 Å². The minimum atomic E-state index is -0.281. The van der Waals surface area contributed by atoms with E-state index in [-0.39, 0.29) is 12.2 Å². The number of benzene rings is 3. The minimum absolute atomic E-state index is 0.268. The molecule has 0 aliphatic heterocycles. The molecule has 0 saturated carbocycles. The normalized spacial score (nSPS) is 13.0. The molecule has 4 rings (SSSR count). The molecule has 0 aliphatic carbocycles. The third-order valence-electron chi connectivity index (χ3n) is 9.53. The Balaban J connectivity index is 1.57. The highest BCUT2D eigenvalue weighted by atomic mass is 32.1. The predicted molar refractivity (Wildman–Crippen MR) is 235 cm³/mol. The monoisotopic (exact) mass is 825 g/mol. The Morgan fingerprint density at radius 2 is 1.12 bits per heavy atom. The Labute approximate surface area is 356 Å². The van der Waals surface area contributed by atoms with Gasteiger partial charge in [-0.15, -0.1) is 21.6 Å². The van der Waals surface area contributed by atoms with E-state index >= 15 is 0 Å². The van der Waals surface area contributed by atoms with Crippen LogP contribution < -0.4 is 4.90 Å². The molecular weight excluding hydrogens is 763 g/mol. The maximum Gasteiger partial charge on any atom is 0.158 e. The van der Waals surface area contributed by atoms with Crippen LogP contribution in [0.5, 0.6) is 0 Å². The fourth-order valence-electron chi connectivity index (χ4n) is 5.98. The Hall–Kier alpha value is -4.54. The summed E-state index contributed by atoms with van der Waals surface area (Å²) in [6, 6.07) is 31.0.